The highest BCUT2D eigenvalue weighted by Crippen LogP contribution is 2.47. The number of hydrogen-bond donors (Lipinski definition) is 1. The van der Waals surface area contributed by atoms with E-state index in [4.69, 9.17) is 4.74 Å². The lowest BCUT2D eigenvalue weighted by atomic mass is 9.64. The molecule has 1 aromatic rings. The standard InChI is InChI=1S/C18H26N2O2/c1-20(2)17(21)13-22-16-7-8-18(9-11-19-12-10-18)15-6-4-3-5-14(15)16/h3-6,16,19H,7-13H2,1-2H3/t16-/m0/s1. The van der Waals surface area contributed by atoms with Crippen LogP contribution in [0.25, 0.3) is 0 Å². The Labute approximate surface area is 132 Å². The second-order valence-corrected chi connectivity index (χ2v) is 6.74. The molecule has 1 aliphatic heterocycles. The highest BCUT2D eigenvalue weighted by Gasteiger charge is 2.40. The second-order valence-electron chi connectivity index (χ2n) is 6.74. The summed E-state index contributed by atoms with van der Waals surface area (Å²) in [7, 11) is 3.54. The first-order chi connectivity index (χ1) is 10.6. The zero-order valence-electron chi connectivity index (χ0n) is 13.6. The van der Waals surface area contributed by atoms with E-state index in [0.29, 0.717) is 5.41 Å². The molecule has 2 aliphatic rings. The fourth-order valence-electron chi connectivity index (χ4n) is 3.86. The number of nitrogens with one attached hydrogen (secondary N) is 1. The molecule has 1 heterocycles. The van der Waals surface area contributed by atoms with Crippen LogP contribution in [0.15, 0.2) is 24.3 Å². The van der Waals surface area contributed by atoms with Crippen molar-refractivity contribution in [3.63, 3.8) is 0 Å². The van der Waals surface area contributed by atoms with Gasteiger partial charge in [0.05, 0.1) is 6.10 Å². The van der Waals surface area contributed by atoms with Crippen LogP contribution in [-0.2, 0) is 14.9 Å². The molecule has 0 radical (unpaired) electrons. The van der Waals surface area contributed by atoms with Crippen molar-refractivity contribution in [2.75, 3.05) is 33.8 Å². The Morgan fingerprint density at radius 1 is 1.27 bits per heavy atom. The zero-order chi connectivity index (χ0) is 15.6. The normalized spacial score (nSPS) is 23.1. The van der Waals surface area contributed by atoms with Crippen LogP contribution < -0.4 is 5.32 Å². The van der Waals surface area contributed by atoms with Gasteiger partial charge in [-0.2, -0.15) is 0 Å². The third-order valence-corrected chi connectivity index (χ3v) is 5.23. The van der Waals surface area contributed by atoms with Gasteiger partial charge in [0, 0.05) is 14.1 Å². The average Bonchev–Trinajstić information content (AvgIpc) is 2.55. The maximum Gasteiger partial charge on any atom is 0.248 e. The van der Waals surface area contributed by atoms with Crippen LogP contribution in [0.5, 0.6) is 0 Å². The molecule has 22 heavy (non-hydrogen) atoms. The van der Waals surface area contributed by atoms with E-state index in [0.717, 1.165) is 25.9 Å². The van der Waals surface area contributed by atoms with E-state index in [9.17, 15) is 4.79 Å². The molecule has 1 atom stereocenters. The van der Waals surface area contributed by atoms with Crippen molar-refractivity contribution in [2.24, 2.45) is 0 Å². The number of benzene rings is 1. The number of piperidine rings is 1. The van der Waals surface area contributed by atoms with Gasteiger partial charge in [-0.25, -0.2) is 0 Å². The predicted molar refractivity (Wildman–Crippen MR) is 86.8 cm³/mol. The molecule has 0 unspecified atom stereocenters. The van der Waals surface area contributed by atoms with Crippen molar-refractivity contribution in [3.8, 4) is 0 Å². The van der Waals surface area contributed by atoms with Gasteiger partial charge in [-0.05, 0) is 55.3 Å². The van der Waals surface area contributed by atoms with E-state index in [-0.39, 0.29) is 18.6 Å². The van der Waals surface area contributed by atoms with Gasteiger partial charge in [0.15, 0.2) is 0 Å². The van der Waals surface area contributed by atoms with Crippen molar-refractivity contribution >= 4 is 5.91 Å². The van der Waals surface area contributed by atoms with Crippen LogP contribution in [0.2, 0.25) is 0 Å². The van der Waals surface area contributed by atoms with Crippen molar-refractivity contribution in [3.05, 3.63) is 35.4 Å². The van der Waals surface area contributed by atoms with Crippen molar-refractivity contribution in [2.45, 2.75) is 37.2 Å². The van der Waals surface area contributed by atoms with Crippen LogP contribution in [0, 0.1) is 0 Å². The number of amides is 1. The molecule has 1 fully saturated rings. The topological polar surface area (TPSA) is 41.6 Å². The second kappa shape index (κ2) is 6.39. The minimum Gasteiger partial charge on any atom is -0.364 e. The third-order valence-electron chi connectivity index (χ3n) is 5.23. The van der Waals surface area contributed by atoms with E-state index in [1.165, 1.54) is 24.0 Å². The number of fused-ring (bicyclic) bond motifs is 2. The van der Waals surface area contributed by atoms with Gasteiger partial charge in [0.25, 0.3) is 0 Å². The van der Waals surface area contributed by atoms with E-state index < -0.39 is 0 Å². The molecule has 1 aromatic carbocycles. The highest BCUT2D eigenvalue weighted by atomic mass is 16.5. The Hall–Kier alpha value is -1.39. The fraction of sp³-hybridized carbons (Fsp3) is 0.611. The summed E-state index contributed by atoms with van der Waals surface area (Å²) in [4.78, 5) is 13.4. The molecule has 0 aromatic heterocycles. The maximum absolute atomic E-state index is 11.8. The zero-order valence-corrected chi connectivity index (χ0v) is 13.6. The van der Waals surface area contributed by atoms with Crippen molar-refractivity contribution in [1.29, 1.82) is 0 Å². The number of rotatable bonds is 3. The molecule has 1 saturated heterocycles. The van der Waals surface area contributed by atoms with Crippen molar-refractivity contribution in [1.82, 2.24) is 10.2 Å². The molecular weight excluding hydrogens is 276 g/mol. The molecule has 1 amide bonds. The van der Waals surface area contributed by atoms with Gasteiger partial charge in [0.2, 0.25) is 5.91 Å². The molecule has 1 N–H and O–H groups in total. The Morgan fingerprint density at radius 3 is 2.73 bits per heavy atom. The summed E-state index contributed by atoms with van der Waals surface area (Å²) in [5.41, 5.74) is 3.06. The Bertz CT molecular complexity index is 536. The van der Waals surface area contributed by atoms with Crippen LogP contribution in [0.4, 0.5) is 0 Å². The molecule has 4 nitrogen and oxygen atoms in total. The van der Waals surface area contributed by atoms with Gasteiger partial charge >= 0.3 is 0 Å². The van der Waals surface area contributed by atoms with E-state index in [1.807, 2.05) is 0 Å². The predicted octanol–water partition coefficient (Wildman–Crippen LogP) is 2.25. The Balaban J connectivity index is 1.80. The van der Waals surface area contributed by atoms with E-state index in [1.54, 1.807) is 19.0 Å². The lowest BCUT2D eigenvalue weighted by molar-refractivity contribution is -0.136. The number of carbonyl (C=O) groups excluding carboxylic acids is 1. The Kier molecular flexibility index (Phi) is 4.50. The smallest absolute Gasteiger partial charge is 0.248 e. The van der Waals surface area contributed by atoms with E-state index >= 15 is 0 Å². The molecule has 1 aliphatic carbocycles. The summed E-state index contributed by atoms with van der Waals surface area (Å²) in [6.45, 7) is 2.36. The number of ether oxygens (including phenoxy) is 1. The molecule has 1 spiro atoms. The van der Waals surface area contributed by atoms with Crippen LogP contribution in [0.3, 0.4) is 0 Å². The van der Waals surface area contributed by atoms with Gasteiger partial charge in [-0.1, -0.05) is 24.3 Å². The summed E-state index contributed by atoms with van der Waals surface area (Å²) in [6.07, 6.45) is 4.63. The van der Waals surface area contributed by atoms with Crippen LogP contribution >= 0.6 is 0 Å². The monoisotopic (exact) mass is 302 g/mol. The average molecular weight is 302 g/mol. The van der Waals surface area contributed by atoms with Gasteiger partial charge in [-0.3, -0.25) is 4.79 Å². The number of likely N-dealkylation sites (N-methyl/N-ethyl adjacent to an activating group) is 1. The quantitative estimate of drug-likeness (QED) is 0.931. The lowest BCUT2D eigenvalue weighted by Gasteiger charge is -2.44. The minimum absolute atomic E-state index is 0.0274. The molecular formula is C18H26N2O2. The summed E-state index contributed by atoms with van der Waals surface area (Å²) in [5, 5.41) is 3.47. The summed E-state index contributed by atoms with van der Waals surface area (Å²) in [5.74, 6) is 0.0274. The maximum atomic E-state index is 11.8. The molecule has 120 valence electrons. The van der Waals surface area contributed by atoms with E-state index in [2.05, 4.69) is 29.6 Å². The minimum atomic E-state index is 0.0274. The SMILES string of the molecule is CN(C)C(=O)CO[C@H]1CCC2(CCNCC2)c2ccccc21. The van der Waals surface area contributed by atoms with Crippen LogP contribution in [-0.4, -0.2) is 44.6 Å². The summed E-state index contributed by atoms with van der Waals surface area (Å²) < 4.78 is 5.96. The number of nitrogens with zero attached hydrogens (tertiary/aromatic N) is 1. The first kappa shape index (κ1) is 15.5. The molecule has 4 heteroatoms. The van der Waals surface area contributed by atoms with Gasteiger partial charge in [-0.15, -0.1) is 0 Å². The first-order valence-electron chi connectivity index (χ1n) is 8.24. The molecule has 0 bridgehead atoms. The Morgan fingerprint density at radius 2 is 2.00 bits per heavy atom. The molecule has 0 saturated carbocycles. The molecule has 3 rings (SSSR count). The highest BCUT2D eigenvalue weighted by molar-refractivity contribution is 5.76. The van der Waals surface area contributed by atoms with Gasteiger partial charge in [0.1, 0.15) is 6.61 Å². The third kappa shape index (κ3) is 2.90. The summed E-state index contributed by atoms with van der Waals surface area (Å²) in [6, 6.07) is 8.67. The van der Waals surface area contributed by atoms with Crippen molar-refractivity contribution < 1.29 is 9.53 Å². The summed E-state index contributed by atoms with van der Waals surface area (Å²) >= 11 is 0. The largest absolute Gasteiger partial charge is 0.364 e. The van der Waals surface area contributed by atoms with Gasteiger partial charge < -0.3 is 15.0 Å². The number of carbonyl (C=O) groups is 1. The first-order valence-corrected chi connectivity index (χ1v) is 8.24. The fourth-order valence-corrected chi connectivity index (χ4v) is 3.86. The van der Waals surface area contributed by atoms with Crippen LogP contribution in [0.1, 0.15) is 42.9 Å². The lowest BCUT2D eigenvalue weighted by Crippen LogP contribution is -2.43. The number of hydrogen-bond acceptors (Lipinski definition) is 3.